The second-order valence-electron chi connectivity index (χ2n) is 10.4. The molecule has 1 saturated heterocycles. The van der Waals surface area contributed by atoms with Crippen molar-refractivity contribution in [1.29, 1.82) is 0 Å². The molecule has 0 bridgehead atoms. The van der Waals surface area contributed by atoms with Crippen molar-refractivity contribution in [2.75, 3.05) is 6.54 Å². The second kappa shape index (κ2) is 21.3. The number of nitrogens with one attached hydrogen (secondary N) is 1. The highest BCUT2D eigenvalue weighted by Crippen LogP contribution is 2.27. The smallest absolute Gasteiger partial charge is 0.173 e. The van der Waals surface area contributed by atoms with Crippen LogP contribution >= 0.6 is 0 Å². The highest BCUT2D eigenvalue weighted by atomic mass is 79.9. The first-order valence-corrected chi connectivity index (χ1v) is 13.4. The summed E-state index contributed by atoms with van der Waals surface area (Å²) in [6.45, 7) is 5.90. The highest BCUT2D eigenvalue weighted by Gasteiger charge is 2.48. The summed E-state index contributed by atoms with van der Waals surface area (Å²) in [4.78, 5) is 0. The quantitative estimate of drug-likeness (QED) is 0.134. The van der Waals surface area contributed by atoms with Crippen molar-refractivity contribution in [2.45, 2.75) is 160 Å². The zero-order valence-corrected chi connectivity index (χ0v) is 24.1. The van der Waals surface area contributed by atoms with Crippen LogP contribution in [0.1, 0.15) is 124 Å². The number of unbranched alkanes of at least 4 members (excludes halogenated alkanes) is 15. The van der Waals surface area contributed by atoms with Crippen LogP contribution in [0.3, 0.4) is 0 Å². The first kappa shape index (κ1) is 36.4. The molecule has 8 heteroatoms. The minimum atomic E-state index is -1.35. The Morgan fingerprint density at radius 3 is 1.44 bits per heavy atom. The van der Waals surface area contributed by atoms with E-state index in [0.29, 0.717) is 6.54 Å². The van der Waals surface area contributed by atoms with Crippen LogP contribution in [0, 0.1) is 0 Å². The molecule has 5 atom stereocenters. The Kier molecular flexibility index (Phi) is 22.8. The minimum Gasteiger partial charge on any atom is -1.00 e. The van der Waals surface area contributed by atoms with E-state index in [0.717, 1.165) is 12.8 Å². The summed E-state index contributed by atoms with van der Waals surface area (Å²) in [5.41, 5.74) is -1.35. The summed E-state index contributed by atoms with van der Waals surface area (Å²) in [5, 5.41) is 43.8. The van der Waals surface area contributed by atoms with Crippen LogP contribution in [0.4, 0.5) is 0 Å². The normalized spacial score (nSPS) is 25.0. The van der Waals surface area contributed by atoms with Crippen LogP contribution in [-0.4, -0.2) is 63.2 Å². The van der Waals surface area contributed by atoms with Gasteiger partial charge in [-0.1, -0.05) is 103 Å². The lowest BCUT2D eigenvalue weighted by Crippen LogP contribution is -3.00. The molecule has 208 valence electrons. The number of aliphatic hydroxyl groups is 4. The fourth-order valence-electron chi connectivity index (χ4n) is 4.62. The molecule has 0 radical (unpaired) electrons. The first-order chi connectivity index (χ1) is 15.3. The summed E-state index contributed by atoms with van der Waals surface area (Å²) in [5.74, 6) is 0. The monoisotopic (exact) mass is 556 g/mol. The largest absolute Gasteiger partial charge is 1.00 e. The number of quaternary nitrogens is 1. The van der Waals surface area contributed by atoms with Crippen LogP contribution < -0.4 is 28.4 Å². The Morgan fingerprint density at radius 1 is 0.676 bits per heavy atom. The van der Waals surface area contributed by atoms with Gasteiger partial charge in [-0.3, -0.25) is 0 Å². The number of hydrogen-bond donors (Lipinski definition) is 6. The molecule has 0 amide bonds. The average molecular weight is 558 g/mol. The summed E-state index contributed by atoms with van der Waals surface area (Å²) in [6, 6.07) is -0.750. The van der Waals surface area contributed by atoms with Crippen LogP contribution in [0.25, 0.3) is 0 Å². The Balaban J connectivity index is 0. The predicted molar refractivity (Wildman–Crippen MR) is 137 cm³/mol. The van der Waals surface area contributed by atoms with Gasteiger partial charge in [-0.15, -0.1) is 0 Å². The van der Waals surface area contributed by atoms with Gasteiger partial charge in [-0.2, -0.15) is 0 Å². The predicted octanol–water partition coefficient (Wildman–Crippen LogP) is 1.80. The van der Waals surface area contributed by atoms with E-state index in [1.807, 2.05) is 0 Å². The van der Waals surface area contributed by atoms with Gasteiger partial charge in [0.05, 0.1) is 11.6 Å². The molecule has 34 heavy (non-hydrogen) atoms. The van der Waals surface area contributed by atoms with Gasteiger partial charge in [0.2, 0.25) is 0 Å². The third-order valence-electron chi connectivity index (χ3n) is 6.73. The van der Waals surface area contributed by atoms with E-state index >= 15 is 0 Å². The molecule has 7 nitrogen and oxygen atoms in total. The Labute approximate surface area is 219 Å². The maximum absolute atomic E-state index is 10.3. The summed E-state index contributed by atoms with van der Waals surface area (Å²) >= 11 is 0. The van der Waals surface area contributed by atoms with Crippen molar-refractivity contribution >= 4 is 0 Å². The minimum absolute atomic E-state index is 0. The van der Waals surface area contributed by atoms with Crippen molar-refractivity contribution < 1.29 is 42.1 Å². The van der Waals surface area contributed by atoms with Gasteiger partial charge in [0.1, 0.15) is 18.3 Å². The molecule has 0 aromatic rings. The van der Waals surface area contributed by atoms with Gasteiger partial charge in [0, 0.05) is 0 Å². The van der Waals surface area contributed by atoms with E-state index in [1.54, 1.807) is 0 Å². The number of halogens is 1. The molecule has 9 N–H and O–H groups in total. The van der Waals surface area contributed by atoms with E-state index in [4.69, 9.17) is 4.74 Å². The number of hydrogen-bond acceptors (Lipinski definition) is 6. The Morgan fingerprint density at radius 2 is 1.06 bits per heavy atom. The number of ether oxygens (including phenoxy) is 1. The van der Waals surface area contributed by atoms with E-state index in [9.17, 15) is 20.4 Å². The Hall–Kier alpha value is 0.200. The summed E-state index contributed by atoms with van der Waals surface area (Å²) in [6.07, 6.45) is 16.4. The molecule has 0 aliphatic carbocycles. The zero-order chi connectivity index (χ0) is 23.8. The topological polar surface area (TPSA) is 139 Å². The van der Waals surface area contributed by atoms with Crippen LogP contribution in [-0.2, 0) is 4.74 Å². The average Bonchev–Trinajstić information content (AvgIpc) is 2.74. The molecule has 1 heterocycles. The molecule has 1 unspecified atom stereocenters. The fraction of sp³-hybridized carbons (Fsp3) is 1.00. The van der Waals surface area contributed by atoms with Crippen molar-refractivity contribution in [3.63, 3.8) is 0 Å². The zero-order valence-electron chi connectivity index (χ0n) is 22.5. The van der Waals surface area contributed by atoms with Gasteiger partial charge in [0.15, 0.2) is 6.29 Å². The van der Waals surface area contributed by atoms with E-state index < -0.39 is 36.2 Å². The van der Waals surface area contributed by atoms with E-state index in [2.05, 4.69) is 12.2 Å². The molecule has 1 aliphatic heterocycles. The van der Waals surface area contributed by atoms with Gasteiger partial charge in [-0.25, -0.2) is 0 Å². The lowest BCUT2D eigenvalue weighted by atomic mass is 9.88. The maximum Gasteiger partial charge on any atom is 0.173 e. The standard InChI is InChI=1S/C26H53NO5.BrH.H3N/c1-4-5-6-7-8-9-10-11-12-13-14-15-16-17-18-19-20-27-21-22(28)23(29)24(26(2,3)31)32-25(21)30;;/h21-25,27-31H,4-20H2,1-3H3;1H;1H3/t21-,22+,23-,24-,25?;;/m0../s1. The molecular weight excluding hydrogens is 500 g/mol. The molecular formula is C26H57BrN2O5. The van der Waals surface area contributed by atoms with Crippen LogP contribution in [0.15, 0.2) is 0 Å². The number of aliphatic hydroxyl groups excluding tert-OH is 3. The van der Waals surface area contributed by atoms with Crippen LogP contribution in [0.2, 0.25) is 0 Å². The maximum atomic E-state index is 10.3. The summed E-state index contributed by atoms with van der Waals surface area (Å²) < 4.78 is 5.36. The van der Waals surface area contributed by atoms with Crippen molar-refractivity contribution in [2.24, 2.45) is 0 Å². The lowest BCUT2D eigenvalue weighted by molar-refractivity contribution is -0.281. The summed E-state index contributed by atoms with van der Waals surface area (Å²) in [7, 11) is 0. The van der Waals surface area contributed by atoms with E-state index in [1.165, 1.54) is 104 Å². The molecule has 0 spiro atoms. The molecule has 1 rings (SSSR count). The van der Waals surface area contributed by atoms with Crippen molar-refractivity contribution in [3.05, 3.63) is 0 Å². The number of rotatable bonds is 19. The molecule has 1 fully saturated rings. The van der Waals surface area contributed by atoms with Gasteiger partial charge < -0.3 is 53.6 Å². The van der Waals surface area contributed by atoms with Gasteiger partial charge in [-0.05, 0) is 26.8 Å². The molecule has 1 aliphatic rings. The molecule has 0 saturated carbocycles. The third kappa shape index (κ3) is 15.3. The van der Waals surface area contributed by atoms with Gasteiger partial charge >= 0.3 is 0 Å². The van der Waals surface area contributed by atoms with Gasteiger partial charge in [0.25, 0.3) is 0 Å². The second-order valence-corrected chi connectivity index (χ2v) is 10.4. The van der Waals surface area contributed by atoms with Crippen molar-refractivity contribution in [1.82, 2.24) is 11.5 Å². The SMILES string of the molecule is CCCCCCCCCCCCCCCCCCN[C@@H]1C(O)O[C@H](C(C)(C)O)[C@@H](O)[C@@H]1O.[Br-].[NH4+]. The van der Waals surface area contributed by atoms with Crippen molar-refractivity contribution in [3.8, 4) is 0 Å². The third-order valence-corrected chi connectivity index (χ3v) is 6.73. The first-order valence-electron chi connectivity index (χ1n) is 13.4. The lowest BCUT2D eigenvalue weighted by Gasteiger charge is -2.45. The molecule has 0 aromatic carbocycles. The highest BCUT2D eigenvalue weighted by molar-refractivity contribution is 4.98. The van der Waals surface area contributed by atoms with E-state index in [-0.39, 0.29) is 23.1 Å². The molecule has 0 aromatic heterocycles. The Bertz CT molecular complexity index is 453. The fourth-order valence-corrected chi connectivity index (χ4v) is 4.62. The van der Waals surface area contributed by atoms with Crippen LogP contribution in [0.5, 0.6) is 0 Å².